The molecule has 0 aromatic rings. The highest BCUT2D eigenvalue weighted by Crippen LogP contribution is 1.95. The summed E-state index contributed by atoms with van der Waals surface area (Å²) in [6, 6.07) is 0. The summed E-state index contributed by atoms with van der Waals surface area (Å²) < 4.78 is 0. The molecule has 0 aromatic carbocycles. The Kier molecular flexibility index (Phi) is 4.45. The number of hydrogen-bond acceptors (Lipinski definition) is 3. The van der Waals surface area contributed by atoms with Crippen LogP contribution in [0.5, 0.6) is 0 Å². The molecule has 0 atom stereocenters. The second kappa shape index (κ2) is 4.85. The van der Waals surface area contributed by atoms with E-state index in [1.54, 1.807) is 0 Å². The fraction of sp³-hybridized carbons (Fsp3) is 0.714. The molecule has 4 nitrogen and oxygen atoms in total. The molecule has 0 aliphatic heterocycles. The molecule has 2 amide bonds. The highest BCUT2D eigenvalue weighted by molar-refractivity contribution is 5.93. The highest BCUT2D eigenvalue weighted by atomic mass is 16.2. The van der Waals surface area contributed by atoms with Gasteiger partial charge in [-0.3, -0.25) is 14.5 Å². The average Bonchev–Trinajstić information content (AvgIpc) is 1.88. The summed E-state index contributed by atoms with van der Waals surface area (Å²) in [6.07, 6.45) is 1.12. The summed E-state index contributed by atoms with van der Waals surface area (Å²) in [5, 5.41) is 0. The van der Waals surface area contributed by atoms with Crippen LogP contribution in [0.15, 0.2) is 0 Å². The maximum Gasteiger partial charge on any atom is 0.230 e. The molecule has 4 heteroatoms. The van der Waals surface area contributed by atoms with Crippen LogP contribution in [-0.4, -0.2) is 23.4 Å². The van der Waals surface area contributed by atoms with Crippen molar-refractivity contribution in [2.75, 3.05) is 6.67 Å². The molecular formula is C7H14N2O2. The van der Waals surface area contributed by atoms with Crippen molar-refractivity contribution in [1.82, 2.24) is 4.90 Å². The van der Waals surface area contributed by atoms with E-state index in [0.717, 1.165) is 11.3 Å². The lowest BCUT2D eigenvalue weighted by molar-refractivity contribution is -0.143. The van der Waals surface area contributed by atoms with Crippen LogP contribution in [0.1, 0.15) is 26.7 Å². The average molecular weight is 158 g/mol. The molecule has 0 rings (SSSR count). The lowest BCUT2D eigenvalue weighted by Gasteiger charge is -2.15. The molecule has 0 saturated heterocycles. The second-order valence-corrected chi connectivity index (χ2v) is 2.27. The van der Waals surface area contributed by atoms with Gasteiger partial charge >= 0.3 is 0 Å². The van der Waals surface area contributed by atoms with Crippen molar-refractivity contribution in [2.45, 2.75) is 26.7 Å². The van der Waals surface area contributed by atoms with Gasteiger partial charge in [0, 0.05) is 13.3 Å². The molecule has 0 bridgehead atoms. The van der Waals surface area contributed by atoms with E-state index >= 15 is 0 Å². The SMILES string of the molecule is CCCC(=O)N(CN)C(C)=O. The van der Waals surface area contributed by atoms with E-state index in [-0.39, 0.29) is 18.5 Å². The van der Waals surface area contributed by atoms with Gasteiger partial charge in [0.1, 0.15) is 0 Å². The monoisotopic (exact) mass is 158 g/mol. The first kappa shape index (κ1) is 10.1. The molecule has 0 unspecified atom stereocenters. The van der Waals surface area contributed by atoms with Gasteiger partial charge in [-0.2, -0.15) is 0 Å². The Hall–Kier alpha value is -0.900. The Balaban J connectivity index is 4.03. The fourth-order valence-corrected chi connectivity index (χ4v) is 0.755. The van der Waals surface area contributed by atoms with Crippen LogP contribution >= 0.6 is 0 Å². The Bertz CT molecular complexity index is 157. The molecule has 0 aliphatic rings. The zero-order valence-corrected chi connectivity index (χ0v) is 6.96. The summed E-state index contributed by atoms with van der Waals surface area (Å²) >= 11 is 0. The third-order valence-corrected chi connectivity index (χ3v) is 1.33. The first-order valence-corrected chi connectivity index (χ1v) is 3.64. The fourth-order valence-electron chi connectivity index (χ4n) is 0.755. The van der Waals surface area contributed by atoms with Gasteiger partial charge in [0.05, 0.1) is 6.67 Å². The molecule has 64 valence electrons. The van der Waals surface area contributed by atoms with Crippen molar-refractivity contribution >= 4 is 11.8 Å². The maximum atomic E-state index is 11.0. The smallest absolute Gasteiger partial charge is 0.230 e. The van der Waals surface area contributed by atoms with Crippen LogP contribution in [0.25, 0.3) is 0 Å². The largest absolute Gasteiger partial charge is 0.313 e. The van der Waals surface area contributed by atoms with Crippen LogP contribution in [0.3, 0.4) is 0 Å². The highest BCUT2D eigenvalue weighted by Gasteiger charge is 2.13. The normalized spacial score (nSPS) is 9.36. The number of carbonyl (C=O) groups is 2. The number of imide groups is 1. The number of nitrogens with zero attached hydrogens (tertiary/aromatic N) is 1. The van der Waals surface area contributed by atoms with E-state index in [0.29, 0.717) is 6.42 Å². The van der Waals surface area contributed by atoms with Crippen LogP contribution in [-0.2, 0) is 9.59 Å². The van der Waals surface area contributed by atoms with Gasteiger partial charge in [-0.15, -0.1) is 0 Å². The van der Waals surface area contributed by atoms with Gasteiger partial charge in [-0.25, -0.2) is 0 Å². The number of nitrogens with two attached hydrogens (primary N) is 1. The summed E-state index contributed by atoms with van der Waals surface area (Å²) in [6.45, 7) is 3.20. The first-order chi connectivity index (χ1) is 5.13. The Morgan fingerprint density at radius 3 is 2.27 bits per heavy atom. The van der Waals surface area contributed by atoms with Crippen LogP contribution in [0.4, 0.5) is 0 Å². The molecule has 2 N–H and O–H groups in total. The Morgan fingerprint density at radius 1 is 1.45 bits per heavy atom. The van der Waals surface area contributed by atoms with E-state index < -0.39 is 0 Å². The summed E-state index contributed by atoms with van der Waals surface area (Å²) in [5.41, 5.74) is 5.19. The van der Waals surface area contributed by atoms with E-state index in [2.05, 4.69) is 0 Å². The summed E-state index contributed by atoms with van der Waals surface area (Å²) in [7, 11) is 0. The third-order valence-electron chi connectivity index (χ3n) is 1.33. The predicted molar refractivity (Wildman–Crippen MR) is 41.5 cm³/mol. The zero-order valence-electron chi connectivity index (χ0n) is 6.96. The van der Waals surface area contributed by atoms with Gasteiger partial charge in [-0.1, -0.05) is 6.92 Å². The molecular weight excluding hydrogens is 144 g/mol. The standard InChI is InChI=1S/C7H14N2O2/c1-3-4-7(11)9(5-8)6(2)10/h3-5,8H2,1-2H3. The lowest BCUT2D eigenvalue weighted by atomic mass is 10.3. The first-order valence-electron chi connectivity index (χ1n) is 3.64. The predicted octanol–water partition coefficient (Wildman–Crippen LogP) is 0.0778. The minimum atomic E-state index is -0.286. The van der Waals surface area contributed by atoms with Gasteiger partial charge in [-0.05, 0) is 6.42 Å². The zero-order chi connectivity index (χ0) is 8.85. The Morgan fingerprint density at radius 2 is 2.00 bits per heavy atom. The van der Waals surface area contributed by atoms with Crippen LogP contribution in [0, 0.1) is 0 Å². The van der Waals surface area contributed by atoms with Gasteiger partial charge in [0.2, 0.25) is 11.8 Å². The van der Waals surface area contributed by atoms with Crippen molar-refractivity contribution < 1.29 is 9.59 Å². The maximum absolute atomic E-state index is 11.0. The second-order valence-electron chi connectivity index (χ2n) is 2.27. The van der Waals surface area contributed by atoms with Crippen LogP contribution < -0.4 is 5.73 Å². The minimum absolute atomic E-state index is 0.0197. The molecule has 0 aliphatic carbocycles. The van der Waals surface area contributed by atoms with Crippen molar-refractivity contribution in [3.05, 3.63) is 0 Å². The number of hydrogen-bond donors (Lipinski definition) is 1. The lowest BCUT2D eigenvalue weighted by Crippen LogP contribution is -2.39. The van der Waals surface area contributed by atoms with Crippen molar-refractivity contribution in [3.63, 3.8) is 0 Å². The molecule has 0 spiro atoms. The quantitative estimate of drug-likeness (QED) is 0.591. The van der Waals surface area contributed by atoms with E-state index in [1.165, 1.54) is 6.92 Å². The molecule has 0 heterocycles. The van der Waals surface area contributed by atoms with Gasteiger partial charge < -0.3 is 5.73 Å². The van der Waals surface area contributed by atoms with Crippen molar-refractivity contribution in [1.29, 1.82) is 0 Å². The molecule has 0 saturated carbocycles. The van der Waals surface area contributed by atoms with E-state index in [1.807, 2.05) is 6.92 Å². The molecule has 0 fully saturated rings. The Labute approximate surface area is 66.4 Å². The minimum Gasteiger partial charge on any atom is -0.313 e. The molecule has 11 heavy (non-hydrogen) atoms. The van der Waals surface area contributed by atoms with Crippen molar-refractivity contribution in [2.24, 2.45) is 5.73 Å². The summed E-state index contributed by atoms with van der Waals surface area (Å²) in [4.78, 5) is 22.8. The molecule has 0 radical (unpaired) electrons. The van der Waals surface area contributed by atoms with E-state index in [9.17, 15) is 9.59 Å². The number of carbonyl (C=O) groups excluding carboxylic acids is 2. The number of rotatable bonds is 3. The van der Waals surface area contributed by atoms with Crippen molar-refractivity contribution in [3.8, 4) is 0 Å². The van der Waals surface area contributed by atoms with Gasteiger partial charge in [0.25, 0.3) is 0 Å². The van der Waals surface area contributed by atoms with Crippen LogP contribution in [0.2, 0.25) is 0 Å². The molecule has 0 aromatic heterocycles. The van der Waals surface area contributed by atoms with Gasteiger partial charge in [0.15, 0.2) is 0 Å². The van der Waals surface area contributed by atoms with E-state index in [4.69, 9.17) is 5.73 Å². The summed E-state index contributed by atoms with van der Waals surface area (Å²) in [5.74, 6) is -0.478. The topological polar surface area (TPSA) is 63.4 Å². The number of amides is 2. The third kappa shape index (κ3) is 3.13.